The Bertz CT molecular complexity index is 296. The normalized spacial score (nSPS) is 14.0. The van der Waals surface area contributed by atoms with E-state index in [9.17, 15) is 0 Å². The average Bonchev–Trinajstić information content (AvgIpc) is 2.26. The summed E-state index contributed by atoms with van der Waals surface area (Å²) in [4.78, 5) is 5.10. The zero-order valence-corrected chi connectivity index (χ0v) is 10.1. The van der Waals surface area contributed by atoms with Crippen molar-refractivity contribution in [3.8, 4) is 0 Å². The summed E-state index contributed by atoms with van der Waals surface area (Å²) in [5, 5.41) is 0.467. The van der Waals surface area contributed by atoms with Crippen LogP contribution in [0.25, 0.3) is 6.08 Å². The molecule has 1 aromatic heterocycles. The van der Waals surface area contributed by atoms with Crippen molar-refractivity contribution in [2.75, 3.05) is 0 Å². The third kappa shape index (κ3) is 3.05. The predicted octanol–water partition coefficient (Wildman–Crippen LogP) is 4.25. The number of rotatable bonds is 2. The highest BCUT2D eigenvalue weighted by molar-refractivity contribution is 9.09. The first kappa shape index (κ1) is 10.5. The average molecular weight is 287 g/mol. The van der Waals surface area contributed by atoms with Gasteiger partial charge >= 0.3 is 0 Å². The lowest BCUT2D eigenvalue weighted by molar-refractivity contribution is 1.28. The summed E-state index contributed by atoms with van der Waals surface area (Å²) in [6, 6.07) is 0. The van der Waals surface area contributed by atoms with Crippen LogP contribution in [0.3, 0.4) is 0 Å². The van der Waals surface area contributed by atoms with E-state index in [0.29, 0.717) is 14.4 Å². The summed E-state index contributed by atoms with van der Waals surface area (Å²) in [5.74, 6) is 0. The van der Waals surface area contributed by atoms with Crippen molar-refractivity contribution in [2.24, 2.45) is 0 Å². The molecule has 0 radical (unpaired) electrons. The van der Waals surface area contributed by atoms with Gasteiger partial charge in [0.25, 0.3) is 0 Å². The van der Waals surface area contributed by atoms with Gasteiger partial charge in [-0.25, -0.2) is 4.98 Å². The molecule has 0 aliphatic heterocycles. The molecular weight excluding hydrogens is 281 g/mol. The highest BCUT2D eigenvalue weighted by Gasteiger charge is 2.03. The van der Waals surface area contributed by atoms with Gasteiger partial charge in [0.2, 0.25) is 0 Å². The second-order valence-corrected chi connectivity index (χ2v) is 5.57. The number of halogens is 3. The largest absolute Gasteiger partial charge is 0.212 e. The maximum Gasteiger partial charge on any atom is 0.185 e. The fraction of sp³-hybridized carbons (Fsp3) is 0.286. The van der Waals surface area contributed by atoms with Crippen molar-refractivity contribution in [3.63, 3.8) is 0 Å². The van der Waals surface area contributed by atoms with E-state index >= 15 is 0 Å². The van der Waals surface area contributed by atoms with Crippen molar-refractivity contribution in [2.45, 2.75) is 11.8 Å². The standard InChI is InChI=1S/C7H6BrCl2NS/c1-4(8)2-3-5-6(9)11-7(10)12-5/h2-4H,1H3/b3-2+. The van der Waals surface area contributed by atoms with E-state index in [2.05, 4.69) is 20.9 Å². The van der Waals surface area contributed by atoms with Gasteiger partial charge < -0.3 is 0 Å². The zero-order chi connectivity index (χ0) is 9.14. The van der Waals surface area contributed by atoms with Crippen LogP contribution in [-0.4, -0.2) is 9.81 Å². The summed E-state index contributed by atoms with van der Waals surface area (Å²) < 4.78 is 0.474. The second-order valence-electron chi connectivity index (χ2n) is 2.16. The van der Waals surface area contributed by atoms with Crippen LogP contribution in [0.1, 0.15) is 11.8 Å². The number of hydrogen-bond acceptors (Lipinski definition) is 2. The molecule has 66 valence electrons. The lowest BCUT2D eigenvalue weighted by Gasteiger charge is -1.89. The van der Waals surface area contributed by atoms with Crippen molar-refractivity contribution in [1.82, 2.24) is 4.98 Å². The molecule has 0 N–H and O–H groups in total. The van der Waals surface area contributed by atoms with Crippen LogP contribution >= 0.6 is 50.5 Å². The van der Waals surface area contributed by atoms with E-state index in [1.54, 1.807) is 0 Å². The first-order valence-corrected chi connectivity index (χ1v) is 5.72. The first-order chi connectivity index (χ1) is 5.59. The molecule has 1 atom stereocenters. The van der Waals surface area contributed by atoms with Gasteiger partial charge in [0.1, 0.15) is 5.15 Å². The molecule has 1 heterocycles. The van der Waals surface area contributed by atoms with Crippen LogP contribution in [0.15, 0.2) is 6.08 Å². The van der Waals surface area contributed by atoms with Crippen molar-refractivity contribution >= 4 is 56.5 Å². The number of aromatic nitrogens is 1. The first-order valence-electron chi connectivity index (χ1n) is 3.23. The molecule has 0 aliphatic carbocycles. The third-order valence-electron chi connectivity index (χ3n) is 1.10. The minimum absolute atomic E-state index is 0.328. The summed E-state index contributed by atoms with van der Waals surface area (Å²) in [6.45, 7) is 2.02. The van der Waals surface area contributed by atoms with Crippen molar-refractivity contribution in [3.05, 3.63) is 20.6 Å². The fourth-order valence-electron chi connectivity index (χ4n) is 0.611. The van der Waals surface area contributed by atoms with Crippen molar-refractivity contribution in [1.29, 1.82) is 0 Å². The molecule has 0 spiro atoms. The highest BCUT2D eigenvalue weighted by atomic mass is 79.9. The van der Waals surface area contributed by atoms with Gasteiger partial charge in [0, 0.05) is 4.83 Å². The van der Waals surface area contributed by atoms with Crippen LogP contribution in [0.4, 0.5) is 0 Å². The number of allylic oxidation sites excluding steroid dienone is 1. The summed E-state index contributed by atoms with van der Waals surface area (Å²) >= 11 is 16.2. The van der Waals surface area contributed by atoms with Crippen LogP contribution < -0.4 is 0 Å². The second kappa shape index (κ2) is 4.61. The molecule has 0 aromatic carbocycles. The van der Waals surface area contributed by atoms with E-state index in [-0.39, 0.29) is 0 Å². The molecule has 5 heteroatoms. The Morgan fingerprint density at radius 3 is 2.67 bits per heavy atom. The van der Waals surface area contributed by atoms with Gasteiger partial charge in [-0.2, -0.15) is 0 Å². The topological polar surface area (TPSA) is 12.9 Å². The number of nitrogens with zero attached hydrogens (tertiary/aromatic N) is 1. The van der Waals surface area contributed by atoms with Gasteiger partial charge in [0.15, 0.2) is 4.47 Å². The molecule has 12 heavy (non-hydrogen) atoms. The molecule has 0 saturated carbocycles. The molecule has 0 aliphatic rings. The molecule has 0 fully saturated rings. The van der Waals surface area contributed by atoms with E-state index in [1.165, 1.54) is 11.3 Å². The molecule has 0 saturated heterocycles. The smallest absolute Gasteiger partial charge is 0.185 e. The van der Waals surface area contributed by atoms with Crippen LogP contribution in [-0.2, 0) is 0 Å². The number of thiazole rings is 1. The van der Waals surface area contributed by atoms with Gasteiger partial charge in [-0.3, -0.25) is 0 Å². The van der Waals surface area contributed by atoms with Crippen LogP contribution in [0.5, 0.6) is 0 Å². The molecule has 1 rings (SSSR count). The highest BCUT2D eigenvalue weighted by Crippen LogP contribution is 2.27. The Morgan fingerprint density at radius 1 is 1.58 bits per heavy atom. The lowest BCUT2D eigenvalue weighted by Crippen LogP contribution is -1.78. The molecular formula is C7H6BrCl2NS. The molecule has 1 aromatic rings. The minimum Gasteiger partial charge on any atom is -0.212 e. The monoisotopic (exact) mass is 285 g/mol. The predicted molar refractivity (Wildman–Crippen MR) is 59.6 cm³/mol. The van der Waals surface area contributed by atoms with Crippen molar-refractivity contribution < 1.29 is 0 Å². The third-order valence-corrected chi connectivity index (χ3v) is 2.93. The zero-order valence-electron chi connectivity index (χ0n) is 6.22. The van der Waals surface area contributed by atoms with E-state index < -0.39 is 0 Å². The molecule has 0 bridgehead atoms. The summed E-state index contributed by atoms with van der Waals surface area (Å²) in [6.07, 6.45) is 3.89. The SMILES string of the molecule is CC(Br)/C=C/c1sc(Cl)nc1Cl. The fourth-order valence-corrected chi connectivity index (χ4v) is 2.05. The Morgan fingerprint density at radius 2 is 2.25 bits per heavy atom. The summed E-state index contributed by atoms with van der Waals surface area (Å²) in [7, 11) is 0. The Labute approximate surface area is 93.5 Å². The molecule has 0 amide bonds. The van der Waals surface area contributed by atoms with E-state index in [4.69, 9.17) is 23.2 Å². The van der Waals surface area contributed by atoms with Crippen LogP contribution in [0, 0.1) is 0 Å². The molecule has 1 nitrogen and oxygen atoms in total. The van der Waals surface area contributed by atoms with Crippen LogP contribution in [0.2, 0.25) is 9.62 Å². The Balaban J connectivity index is 2.81. The Hall–Kier alpha value is 0.430. The number of alkyl halides is 1. The lowest BCUT2D eigenvalue weighted by atomic mass is 10.4. The van der Waals surface area contributed by atoms with Gasteiger partial charge in [0.05, 0.1) is 4.88 Å². The quantitative estimate of drug-likeness (QED) is 0.741. The van der Waals surface area contributed by atoms with Gasteiger partial charge in [-0.15, -0.1) is 11.3 Å². The maximum absolute atomic E-state index is 5.78. The summed E-state index contributed by atoms with van der Waals surface area (Å²) in [5.41, 5.74) is 0. The van der Waals surface area contributed by atoms with Gasteiger partial charge in [-0.05, 0) is 13.0 Å². The Kier molecular flexibility index (Phi) is 4.03. The van der Waals surface area contributed by atoms with E-state index in [0.717, 1.165) is 4.88 Å². The minimum atomic E-state index is 0.328. The molecule has 1 unspecified atom stereocenters. The number of hydrogen-bond donors (Lipinski definition) is 0. The van der Waals surface area contributed by atoms with Gasteiger partial charge in [-0.1, -0.05) is 45.2 Å². The van der Waals surface area contributed by atoms with E-state index in [1.807, 2.05) is 19.1 Å². The maximum atomic E-state index is 5.78.